The number of aromatic nitrogens is 3. The third-order valence-electron chi connectivity index (χ3n) is 6.69. The quantitative estimate of drug-likeness (QED) is 0.269. The van der Waals surface area contributed by atoms with E-state index in [1.54, 1.807) is 18.6 Å². The zero-order valence-electron chi connectivity index (χ0n) is 22.1. The summed E-state index contributed by atoms with van der Waals surface area (Å²) in [4.78, 5) is 27.8. The maximum absolute atomic E-state index is 12.5. The van der Waals surface area contributed by atoms with Crippen LogP contribution in [-0.4, -0.2) is 76.5 Å². The first-order valence-electron chi connectivity index (χ1n) is 13.2. The van der Waals surface area contributed by atoms with Crippen LogP contribution < -0.4 is 10.5 Å². The molecule has 204 valence electrons. The van der Waals surface area contributed by atoms with Crippen LogP contribution in [0.3, 0.4) is 0 Å². The number of nitrogens with two attached hydrogens (primary N) is 1. The molecule has 1 fully saturated rings. The van der Waals surface area contributed by atoms with E-state index in [-0.39, 0.29) is 31.8 Å². The minimum absolute atomic E-state index is 0.159. The fraction of sp³-hybridized carbons (Fsp3) is 0.500. The second-order valence-corrected chi connectivity index (χ2v) is 9.60. The molecule has 0 aliphatic carbocycles. The van der Waals surface area contributed by atoms with Crippen molar-refractivity contribution in [2.75, 3.05) is 39.1 Å². The lowest BCUT2D eigenvalue weighted by molar-refractivity contribution is -0.151. The fourth-order valence-corrected chi connectivity index (χ4v) is 4.42. The molecule has 1 aromatic carbocycles. The van der Waals surface area contributed by atoms with E-state index in [2.05, 4.69) is 19.9 Å². The number of likely N-dealkylation sites (tertiary alicyclic amines) is 1. The molecule has 0 amide bonds. The van der Waals surface area contributed by atoms with Crippen LogP contribution in [0.2, 0.25) is 0 Å². The van der Waals surface area contributed by atoms with Gasteiger partial charge in [0.2, 0.25) is 0 Å². The molecule has 1 saturated heterocycles. The summed E-state index contributed by atoms with van der Waals surface area (Å²) >= 11 is 0. The number of hydrogen-bond donors (Lipinski definition) is 2. The molecule has 3 heterocycles. The number of nitrogens with zero attached hydrogens (tertiary/aromatic N) is 4. The van der Waals surface area contributed by atoms with E-state index in [1.807, 2.05) is 32.2 Å². The molecule has 0 radical (unpaired) electrons. The van der Waals surface area contributed by atoms with E-state index in [9.17, 15) is 9.90 Å². The summed E-state index contributed by atoms with van der Waals surface area (Å²) in [7, 11) is 1.97. The zero-order chi connectivity index (χ0) is 26.9. The topological polar surface area (TPSA) is 133 Å². The SMILES string of the molecule is CCC(O)COCc1ncc(-c2ccc3ncc(N)cc3c2OCCCOC(=O)C2CCCCN2C)cn1. The van der Waals surface area contributed by atoms with Gasteiger partial charge in [-0.3, -0.25) is 14.7 Å². The number of esters is 1. The predicted molar refractivity (Wildman–Crippen MR) is 144 cm³/mol. The molecule has 2 atom stereocenters. The maximum Gasteiger partial charge on any atom is 0.323 e. The maximum atomic E-state index is 12.5. The summed E-state index contributed by atoms with van der Waals surface area (Å²) in [5.74, 6) is 0.983. The highest BCUT2D eigenvalue weighted by molar-refractivity contribution is 5.94. The average Bonchev–Trinajstić information content (AvgIpc) is 2.93. The number of aliphatic hydroxyl groups is 1. The molecule has 3 aromatic rings. The van der Waals surface area contributed by atoms with Crippen molar-refractivity contribution in [1.82, 2.24) is 19.9 Å². The van der Waals surface area contributed by atoms with Crippen LogP contribution >= 0.6 is 0 Å². The van der Waals surface area contributed by atoms with Gasteiger partial charge in [-0.1, -0.05) is 13.3 Å². The second kappa shape index (κ2) is 13.5. The lowest BCUT2D eigenvalue weighted by atomic mass is 10.0. The first-order valence-corrected chi connectivity index (χ1v) is 13.2. The summed E-state index contributed by atoms with van der Waals surface area (Å²) < 4.78 is 17.3. The van der Waals surface area contributed by atoms with Crippen LogP contribution in [0.1, 0.15) is 44.9 Å². The van der Waals surface area contributed by atoms with Crippen molar-refractivity contribution >= 4 is 22.6 Å². The van der Waals surface area contributed by atoms with Crippen LogP contribution in [0.25, 0.3) is 22.0 Å². The van der Waals surface area contributed by atoms with Gasteiger partial charge in [-0.15, -0.1) is 0 Å². The van der Waals surface area contributed by atoms with Gasteiger partial charge < -0.3 is 25.1 Å². The number of aliphatic hydroxyl groups excluding tert-OH is 1. The van der Waals surface area contributed by atoms with Gasteiger partial charge in [-0.25, -0.2) is 9.97 Å². The highest BCUT2D eigenvalue weighted by atomic mass is 16.5. The molecule has 0 saturated carbocycles. The number of rotatable bonds is 12. The number of piperidine rings is 1. The van der Waals surface area contributed by atoms with Crippen molar-refractivity contribution < 1.29 is 24.1 Å². The van der Waals surface area contributed by atoms with Gasteiger partial charge in [0.15, 0.2) is 5.82 Å². The number of anilines is 1. The normalized spacial score (nSPS) is 16.9. The lowest BCUT2D eigenvalue weighted by Crippen LogP contribution is -2.43. The van der Waals surface area contributed by atoms with Crippen LogP contribution in [-0.2, 0) is 20.9 Å². The van der Waals surface area contributed by atoms with Gasteiger partial charge in [0.25, 0.3) is 0 Å². The van der Waals surface area contributed by atoms with Crippen molar-refractivity contribution in [1.29, 1.82) is 0 Å². The number of ether oxygens (including phenoxy) is 3. The van der Waals surface area contributed by atoms with Crippen LogP contribution in [0, 0.1) is 0 Å². The molecule has 4 rings (SSSR count). The summed E-state index contributed by atoms with van der Waals surface area (Å²) in [5, 5.41) is 10.4. The highest BCUT2D eigenvalue weighted by Crippen LogP contribution is 2.36. The molecule has 0 bridgehead atoms. The third kappa shape index (κ3) is 7.15. The number of carbonyl (C=O) groups excluding carboxylic acids is 1. The molecule has 38 heavy (non-hydrogen) atoms. The number of fused-ring (bicyclic) bond motifs is 1. The Morgan fingerprint density at radius 1 is 1.18 bits per heavy atom. The van der Waals surface area contributed by atoms with Crippen molar-refractivity contribution in [3.8, 4) is 16.9 Å². The molecule has 2 aromatic heterocycles. The van der Waals surface area contributed by atoms with Gasteiger partial charge >= 0.3 is 5.97 Å². The largest absolute Gasteiger partial charge is 0.492 e. The molecule has 0 spiro atoms. The summed E-state index contributed by atoms with van der Waals surface area (Å²) in [6, 6.07) is 5.50. The molecule has 1 aliphatic heterocycles. The van der Waals surface area contributed by atoms with Crippen molar-refractivity contribution in [3.63, 3.8) is 0 Å². The van der Waals surface area contributed by atoms with Crippen LogP contribution in [0.5, 0.6) is 5.75 Å². The standard InChI is InChI=1S/C28H37N5O5/c1-3-21(34)17-36-18-26-31-14-19(15-32-26)22-8-9-24-23(13-20(29)16-30-24)27(22)37-11-6-12-38-28(35)25-7-4-5-10-33(25)2/h8-9,13-16,21,25,34H,3-7,10-12,17-18,29H2,1-2H3. The number of hydrogen-bond acceptors (Lipinski definition) is 10. The second-order valence-electron chi connectivity index (χ2n) is 9.60. The fourth-order valence-electron chi connectivity index (χ4n) is 4.42. The molecule has 10 heteroatoms. The minimum Gasteiger partial charge on any atom is -0.492 e. The van der Waals surface area contributed by atoms with Crippen molar-refractivity contribution in [2.24, 2.45) is 0 Å². The van der Waals surface area contributed by atoms with Crippen LogP contribution in [0.4, 0.5) is 5.69 Å². The van der Waals surface area contributed by atoms with Crippen molar-refractivity contribution in [3.05, 3.63) is 42.6 Å². The Balaban J connectivity index is 1.42. The van der Waals surface area contributed by atoms with Crippen LogP contribution in [0.15, 0.2) is 36.8 Å². The van der Waals surface area contributed by atoms with E-state index in [1.165, 1.54) is 0 Å². The van der Waals surface area contributed by atoms with Gasteiger partial charge in [-0.2, -0.15) is 0 Å². The molecule has 1 aliphatic rings. The molecule has 10 nitrogen and oxygen atoms in total. The first-order chi connectivity index (χ1) is 18.5. The van der Waals surface area contributed by atoms with Gasteiger partial charge in [0.1, 0.15) is 18.4 Å². The number of pyridine rings is 1. The molecular weight excluding hydrogens is 486 g/mol. The highest BCUT2D eigenvalue weighted by Gasteiger charge is 2.27. The van der Waals surface area contributed by atoms with E-state index in [0.29, 0.717) is 36.7 Å². The molecule has 3 N–H and O–H groups in total. The Morgan fingerprint density at radius 3 is 2.76 bits per heavy atom. The molecule has 2 unspecified atom stereocenters. The number of benzene rings is 1. The van der Waals surface area contributed by atoms with E-state index in [0.717, 1.165) is 47.8 Å². The third-order valence-corrected chi connectivity index (χ3v) is 6.69. The Morgan fingerprint density at radius 2 is 2.00 bits per heavy atom. The lowest BCUT2D eigenvalue weighted by Gasteiger charge is -2.30. The summed E-state index contributed by atoms with van der Waals surface area (Å²) in [5.41, 5.74) is 8.90. The van der Waals surface area contributed by atoms with Gasteiger partial charge in [0.05, 0.1) is 43.3 Å². The predicted octanol–water partition coefficient (Wildman–Crippen LogP) is 3.36. The molecular formula is C28H37N5O5. The summed E-state index contributed by atoms with van der Waals surface area (Å²) in [6.45, 7) is 3.91. The number of carbonyl (C=O) groups is 1. The first kappa shape index (κ1) is 27.7. The Kier molecular flexibility index (Phi) is 9.80. The van der Waals surface area contributed by atoms with E-state index >= 15 is 0 Å². The summed E-state index contributed by atoms with van der Waals surface area (Å²) in [6.07, 6.45) is 8.74. The smallest absolute Gasteiger partial charge is 0.323 e. The number of likely N-dealkylation sites (N-methyl/N-ethyl adjacent to an activating group) is 1. The zero-order valence-corrected chi connectivity index (χ0v) is 22.1. The number of nitrogen functional groups attached to an aromatic ring is 1. The average molecular weight is 524 g/mol. The van der Waals surface area contributed by atoms with E-state index < -0.39 is 6.10 Å². The Labute approximate surface area is 223 Å². The van der Waals surface area contributed by atoms with Crippen molar-refractivity contribution in [2.45, 2.75) is 57.8 Å². The van der Waals surface area contributed by atoms with E-state index in [4.69, 9.17) is 19.9 Å². The van der Waals surface area contributed by atoms with Gasteiger partial charge in [0, 0.05) is 35.3 Å². The Bertz CT molecular complexity index is 1210. The monoisotopic (exact) mass is 523 g/mol. The minimum atomic E-state index is -0.496. The van der Waals surface area contributed by atoms with Gasteiger partial charge in [-0.05, 0) is 51.1 Å². The Hall–Kier alpha value is -3.34.